The second-order valence-corrected chi connectivity index (χ2v) is 5.19. The van der Waals surface area contributed by atoms with Gasteiger partial charge in [0.1, 0.15) is 0 Å². The molecule has 0 aliphatic heterocycles. The molecule has 0 aromatic rings. The molecule has 0 unspecified atom stereocenters. The number of amides is 1. The Morgan fingerprint density at radius 3 is 2.50 bits per heavy atom. The van der Waals surface area contributed by atoms with Gasteiger partial charge in [0.25, 0.3) is 0 Å². The van der Waals surface area contributed by atoms with Crippen LogP contribution in [0.3, 0.4) is 0 Å². The van der Waals surface area contributed by atoms with E-state index in [4.69, 9.17) is 0 Å². The van der Waals surface area contributed by atoms with Gasteiger partial charge in [0.15, 0.2) is 0 Å². The van der Waals surface area contributed by atoms with Crippen LogP contribution in [0.5, 0.6) is 0 Å². The van der Waals surface area contributed by atoms with Gasteiger partial charge in [-0.15, -0.1) is 0 Å². The van der Waals surface area contributed by atoms with E-state index in [0.717, 1.165) is 38.5 Å². The number of carbonyl (C=O) groups excluding carboxylic acids is 1. The molecule has 1 amide bonds. The van der Waals surface area contributed by atoms with Crippen molar-refractivity contribution < 1.29 is 9.90 Å². The maximum atomic E-state index is 11.5. The summed E-state index contributed by atoms with van der Waals surface area (Å²) < 4.78 is 0. The van der Waals surface area contributed by atoms with E-state index in [1.807, 2.05) is 0 Å². The van der Waals surface area contributed by atoms with Gasteiger partial charge in [-0.1, -0.05) is 19.3 Å². The van der Waals surface area contributed by atoms with E-state index >= 15 is 0 Å². The van der Waals surface area contributed by atoms with Crippen molar-refractivity contribution in [3.05, 3.63) is 0 Å². The number of aliphatic hydroxyl groups is 1. The maximum absolute atomic E-state index is 11.5. The Morgan fingerprint density at radius 2 is 1.94 bits per heavy atom. The van der Waals surface area contributed by atoms with Crippen molar-refractivity contribution in [3.63, 3.8) is 0 Å². The van der Waals surface area contributed by atoms with Crippen LogP contribution in [0.4, 0.5) is 0 Å². The lowest BCUT2D eigenvalue weighted by atomic mass is 9.82. The van der Waals surface area contributed by atoms with Crippen molar-refractivity contribution in [3.8, 4) is 0 Å². The topological polar surface area (TPSA) is 61.4 Å². The quantitative estimate of drug-likeness (QED) is 0.641. The third kappa shape index (κ3) is 3.19. The fourth-order valence-electron chi connectivity index (χ4n) is 2.39. The van der Waals surface area contributed by atoms with E-state index in [-0.39, 0.29) is 18.1 Å². The van der Waals surface area contributed by atoms with Crippen LogP contribution in [0, 0.1) is 0 Å². The third-order valence-corrected chi connectivity index (χ3v) is 3.68. The first kappa shape index (κ1) is 11.9. The molecule has 4 heteroatoms. The monoisotopic (exact) mass is 226 g/mol. The van der Waals surface area contributed by atoms with Gasteiger partial charge in [0.05, 0.1) is 13.2 Å². The molecule has 92 valence electrons. The molecule has 0 spiro atoms. The van der Waals surface area contributed by atoms with Crippen LogP contribution in [0.15, 0.2) is 0 Å². The van der Waals surface area contributed by atoms with Crippen LogP contribution >= 0.6 is 0 Å². The highest BCUT2D eigenvalue weighted by molar-refractivity contribution is 5.78. The standard InChI is InChI=1S/C12H22N2O2/c15-9-12(6-2-1-3-7-12)13-8-11(16)14-10-4-5-10/h10,13,15H,1-9H2,(H,14,16). The molecule has 0 aromatic heterocycles. The Hall–Kier alpha value is -0.610. The van der Waals surface area contributed by atoms with E-state index in [9.17, 15) is 9.90 Å². The van der Waals surface area contributed by atoms with Crippen molar-refractivity contribution in [2.24, 2.45) is 0 Å². The highest BCUT2D eigenvalue weighted by Gasteiger charge is 2.31. The minimum atomic E-state index is -0.195. The molecule has 0 saturated heterocycles. The molecule has 2 rings (SSSR count). The number of nitrogens with one attached hydrogen (secondary N) is 2. The number of aliphatic hydroxyl groups excluding tert-OH is 1. The molecule has 0 aromatic carbocycles. The molecule has 3 N–H and O–H groups in total. The van der Waals surface area contributed by atoms with Crippen molar-refractivity contribution in [1.82, 2.24) is 10.6 Å². The van der Waals surface area contributed by atoms with Crippen LogP contribution in [-0.2, 0) is 4.79 Å². The van der Waals surface area contributed by atoms with Crippen molar-refractivity contribution in [2.45, 2.75) is 56.5 Å². The summed E-state index contributed by atoms with van der Waals surface area (Å²) >= 11 is 0. The van der Waals surface area contributed by atoms with E-state index in [1.54, 1.807) is 0 Å². The number of hydrogen-bond acceptors (Lipinski definition) is 3. The number of hydrogen-bond donors (Lipinski definition) is 3. The molecule has 2 saturated carbocycles. The summed E-state index contributed by atoms with van der Waals surface area (Å²) in [6.45, 7) is 0.487. The van der Waals surface area contributed by atoms with Crippen LogP contribution in [0.1, 0.15) is 44.9 Å². The zero-order valence-corrected chi connectivity index (χ0v) is 9.80. The first-order valence-corrected chi connectivity index (χ1v) is 6.39. The lowest BCUT2D eigenvalue weighted by molar-refractivity contribution is -0.120. The van der Waals surface area contributed by atoms with E-state index in [2.05, 4.69) is 10.6 Å². The molecule has 2 aliphatic rings. The third-order valence-electron chi connectivity index (χ3n) is 3.68. The first-order chi connectivity index (χ1) is 7.74. The van der Waals surface area contributed by atoms with E-state index in [0.29, 0.717) is 12.6 Å². The minimum Gasteiger partial charge on any atom is -0.394 e. The molecule has 0 bridgehead atoms. The lowest BCUT2D eigenvalue weighted by Gasteiger charge is -2.36. The fourth-order valence-corrected chi connectivity index (χ4v) is 2.39. The summed E-state index contributed by atoms with van der Waals surface area (Å²) in [5, 5.41) is 15.7. The van der Waals surface area contributed by atoms with Gasteiger partial charge in [0, 0.05) is 11.6 Å². The van der Waals surface area contributed by atoms with Gasteiger partial charge in [-0.25, -0.2) is 0 Å². The Bertz CT molecular complexity index is 245. The van der Waals surface area contributed by atoms with Crippen LogP contribution in [0.2, 0.25) is 0 Å². The maximum Gasteiger partial charge on any atom is 0.234 e. The van der Waals surface area contributed by atoms with Crippen LogP contribution in [0.25, 0.3) is 0 Å². The summed E-state index contributed by atoms with van der Waals surface area (Å²) in [6, 6.07) is 0.422. The Labute approximate surface area is 96.8 Å². The molecule has 2 aliphatic carbocycles. The van der Waals surface area contributed by atoms with E-state index < -0.39 is 0 Å². The summed E-state index contributed by atoms with van der Waals surface area (Å²) in [6.07, 6.45) is 7.77. The van der Waals surface area contributed by atoms with Crippen molar-refractivity contribution in [1.29, 1.82) is 0 Å². The highest BCUT2D eigenvalue weighted by Crippen LogP contribution is 2.27. The van der Waals surface area contributed by atoms with Gasteiger partial charge >= 0.3 is 0 Å². The van der Waals surface area contributed by atoms with Gasteiger partial charge in [-0.2, -0.15) is 0 Å². The molecule has 16 heavy (non-hydrogen) atoms. The normalized spacial score (nSPS) is 24.1. The second kappa shape index (κ2) is 5.15. The zero-order chi connectivity index (χ0) is 11.4. The number of rotatable bonds is 5. The van der Waals surface area contributed by atoms with Gasteiger partial charge in [-0.3, -0.25) is 4.79 Å². The molecule has 0 heterocycles. The molecule has 4 nitrogen and oxygen atoms in total. The summed E-state index contributed by atoms with van der Waals surface area (Å²) in [7, 11) is 0. The average Bonchev–Trinajstić information content (AvgIpc) is 3.12. The Morgan fingerprint density at radius 1 is 1.25 bits per heavy atom. The molecule has 2 fully saturated rings. The molecular formula is C12H22N2O2. The lowest BCUT2D eigenvalue weighted by Crippen LogP contribution is -2.53. The van der Waals surface area contributed by atoms with Crippen molar-refractivity contribution in [2.75, 3.05) is 13.2 Å². The molecule has 0 radical (unpaired) electrons. The fraction of sp³-hybridized carbons (Fsp3) is 0.917. The van der Waals surface area contributed by atoms with Gasteiger partial charge < -0.3 is 15.7 Å². The van der Waals surface area contributed by atoms with Crippen LogP contribution in [-0.4, -0.2) is 35.7 Å². The zero-order valence-electron chi connectivity index (χ0n) is 9.80. The number of carbonyl (C=O) groups is 1. The Balaban J connectivity index is 1.74. The summed E-state index contributed by atoms with van der Waals surface area (Å²) in [4.78, 5) is 11.5. The first-order valence-electron chi connectivity index (χ1n) is 6.39. The van der Waals surface area contributed by atoms with E-state index in [1.165, 1.54) is 6.42 Å². The second-order valence-electron chi connectivity index (χ2n) is 5.19. The molecule has 0 atom stereocenters. The highest BCUT2D eigenvalue weighted by atomic mass is 16.3. The SMILES string of the molecule is O=C(CNC1(CO)CCCCC1)NC1CC1. The summed E-state index contributed by atoms with van der Waals surface area (Å²) in [5.74, 6) is 0.0703. The summed E-state index contributed by atoms with van der Waals surface area (Å²) in [5.41, 5.74) is -0.195. The van der Waals surface area contributed by atoms with Gasteiger partial charge in [0.2, 0.25) is 5.91 Å². The van der Waals surface area contributed by atoms with Crippen LogP contribution < -0.4 is 10.6 Å². The van der Waals surface area contributed by atoms with Crippen molar-refractivity contribution >= 4 is 5.91 Å². The predicted octanol–water partition coefficient (Wildman–Crippen LogP) is 0.550. The smallest absolute Gasteiger partial charge is 0.234 e. The van der Waals surface area contributed by atoms with Gasteiger partial charge in [-0.05, 0) is 25.7 Å². The average molecular weight is 226 g/mol. The molecular weight excluding hydrogens is 204 g/mol. The largest absolute Gasteiger partial charge is 0.394 e. The minimum absolute atomic E-state index is 0.0703. The Kier molecular flexibility index (Phi) is 3.82. The predicted molar refractivity (Wildman–Crippen MR) is 62.1 cm³/mol.